The summed E-state index contributed by atoms with van der Waals surface area (Å²) in [5.74, 6) is -0.496. The molecule has 0 aromatic carbocycles. The molecule has 1 atom stereocenters. The lowest BCUT2D eigenvalue weighted by Crippen LogP contribution is -2.40. The summed E-state index contributed by atoms with van der Waals surface area (Å²) in [6.45, 7) is 3.72. The predicted octanol–water partition coefficient (Wildman–Crippen LogP) is 0.128. The van der Waals surface area contributed by atoms with Gasteiger partial charge in [0.1, 0.15) is 6.54 Å². The Hall–Kier alpha value is -2.25. The zero-order chi connectivity index (χ0) is 13.2. The van der Waals surface area contributed by atoms with E-state index in [4.69, 9.17) is 0 Å². The first-order valence-electron chi connectivity index (χ1n) is 5.56. The van der Waals surface area contributed by atoms with Crippen LogP contribution in [0.1, 0.15) is 26.1 Å². The van der Waals surface area contributed by atoms with E-state index in [0.717, 1.165) is 0 Å². The van der Waals surface area contributed by atoms with Crippen LogP contribution < -0.4 is 0 Å². The van der Waals surface area contributed by atoms with Crippen molar-refractivity contribution in [1.29, 1.82) is 0 Å². The smallest absolute Gasteiger partial charge is 0.331 e. The fraction of sp³-hybridized carbons (Fsp3) is 0.500. The van der Waals surface area contributed by atoms with Gasteiger partial charge in [-0.15, -0.1) is 5.10 Å². The molecule has 0 radical (unpaired) electrons. The Kier molecular flexibility index (Phi) is 3.09. The molecule has 0 saturated heterocycles. The quantitative estimate of drug-likeness (QED) is 0.809. The number of tetrazole rings is 1. The van der Waals surface area contributed by atoms with Crippen molar-refractivity contribution in [3.63, 3.8) is 0 Å². The third-order valence-electron chi connectivity index (χ3n) is 3.01. The Morgan fingerprint density at radius 3 is 2.89 bits per heavy atom. The van der Waals surface area contributed by atoms with Crippen LogP contribution in [0.5, 0.6) is 0 Å². The average molecular weight is 250 g/mol. The van der Waals surface area contributed by atoms with Gasteiger partial charge in [0.15, 0.2) is 11.4 Å². The van der Waals surface area contributed by atoms with E-state index in [2.05, 4.69) is 20.6 Å². The summed E-state index contributed by atoms with van der Waals surface area (Å²) in [7, 11) is 0. The highest BCUT2D eigenvalue weighted by molar-refractivity contribution is 5.76. The molecule has 2 heterocycles. The van der Waals surface area contributed by atoms with Crippen LogP contribution in [0.25, 0.3) is 0 Å². The summed E-state index contributed by atoms with van der Waals surface area (Å²) in [6, 6.07) is 1.78. The fourth-order valence-electron chi connectivity index (χ4n) is 1.62. The molecule has 2 aromatic rings. The van der Waals surface area contributed by atoms with Crippen LogP contribution in [-0.4, -0.2) is 41.1 Å². The average Bonchev–Trinajstić information content (AvgIpc) is 3.00. The zero-order valence-corrected chi connectivity index (χ0v) is 10.2. The first-order chi connectivity index (χ1) is 8.58. The third-order valence-corrected chi connectivity index (χ3v) is 3.01. The molecule has 0 aliphatic carbocycles. The molecule has 18 heavy (non-hydrogen) atoms. The van der Waals surface area contributed by atoms with Gasteiger partial charge in [0, 0.05) is 12.4 Å². The molecule has 96 valence electrons. The van der Waals surface area contributed by atoms with E-state index in [1.807, 2.05) is 0 Å². The van der Waals surface area contributed by atoms with E-state index in [1.165, 1.54) is 4.68 Å². The number of hydrogen-bond donors (Lipinski definition) is 1. The Bertz CT molecular complexity index is 534. The van der Waals surface area contributed by atoms with Gasteiger partial charge in [-0.1, -0.05) is 6.92 Å². The molecule has 8 heteroatoms. The van der Waals surface area contributed by atoms with Crippen molar-refractivity contribution in [2.75, 3.05) is 0 Å². The lowest BCUT2D eigenvalue weighted by Gasteiger charge is -2.23. The second-order valence-electron chi connectivity index (χ2n) is 4.14. The second kappa shape index (κ2) is 4.55. The molecule has 0 bridgehead atoms. The molecule has 2 aromatic heterocycles. The van der Waals surface area contributed by atoms with Crippen LogP contribution in [0, 0.1) is 0 Å². The Balaban J connectivity index is 2.35. The van der Waals surface area contributed by atoms with Crippen molar-refractivity contribution in [3.8, 4) is 0 Å². The number of rotatable bonds is 5. The zero-order valence-electron chi connectivity index (χ0n) is 10.2. The maximum Gasteiger partial charge on any atom is 0.331 e. The van der Waals surface area contributed by atoms with E-state index >= 15 is 0 Å². The molecule has 1 unspecified atom stereocenters. The maximum atomic E-state index is 11.4. The second-order valence-corrected chi connectivity index (χ2v) is 4.14. The van der Waals surface area contributed by atoms with Crippen molar-refractivity contribution in [2.45, 2.75) is 32.4 Å². The molecule has 0 saturated carbocycles. The van der Waals surface area contributed by atoms with Crippen molar-refractivity contribution in [1.82, 2.24) is 30.0 Å². The van der Waals surface area contributed by atoms with Crippen LogP contribution in [0.3, 0.4) is 0 Å². The summed E-state index contributed by atoms with van der Waals surface area (Å²) >= 11 is 0. The number of aromatic nitrogens is 6. The maximum absolute atomic E-state index is 11.4. The van der Waals surface area contributed by atoms with E-state index in [1.54, 1.807) is 37.0 Å². The predicted molar refractivity (Wildman–Crippen MR) is 60.7 cm³/mol. The van der Waals surface area contributed by atoms with Crippen molar-refractivity contribution < 1.29 is 9.90 Å². The normalized spacial score (nSPS) is 14.3. The largest absolute Gasteiger partial charge is 0.479 e. The van der Waals surface area contributed by atoms with Crippen LogP contribution in [0.4, 0.5) is 0 Å². The minimum Gasteiger partial charge on any atom is -0.479 e. The molecular weight excluding hydrogens is 236 g/mol. The van der Waals surface area contributed by atoms with Gasteiger partial charge < -0.3 is 5.11 Å². The number of carboxylic acids is 1. The minimum absolute atomic E-state index is 0.336. The minimum atomic E-state index is -1.15. The summed E-state index contributed by atoms with van der Waals surface area (Å²) in [4.78, 5) is 11.4. The van der Waals surface area contributed by atoms with Gasteiger partial charge in [-0.2, -0.15) is 5.10 Å². The molecule has 0 aliphatic rings. The molecule has 0 aliphatic heterocycles. The molecular formula is C10H14N6O2. The van der Waals surface area contributed by atoms with Crippen LogP contribution in [-0.2, 0) is 16.9 Å². The van der Waals surface area contributed by atoms with Crippen LogP contribution in [0.2, 0.25) is 0 Å². The lowest BCUT2D eigenvalue weighted by atomic mass is 9.99. The van der Waals surface area contributed by atoms with Crippen LogP contribution in [0.15, 0.2) is 18.5 Å². The third kappa shape index (κ3) is 1.96. The molecule has 2 rings (SSSR count). The van der Waals surface area contributed by atoms with Gasteiger partial charge in [-0.3, -0.25) is 4.68 Å². The standard InChI is InChI=1S/C10H14N6O2/c1-3-10(2,9(17)18)16-8(12-13-14-16)7-15-6-4-5-11-15/h4-6H,3,7H2,1-2H3,(H,17,18). The molecule has 0 amide bonds. The lowest BCUT2D eigenvalue weighted by molar-refractivity contribution is -0.147. The van der Waals surface area contributed by atoms with E-state index < -0.39 is 11.5 Å². The number of aliphatic carboxylic acids is 1. The molecule has 0 spiro atoms. The van der Waals surface area contributed by atoms with Crippen molar-refractivity contribution in [3.05, 3.63) is 24.3 Å². The van der Waals surface area contributed by atoms with E-state index in [0.29, 0.717) is 18.8 Å². The SMILES string of the molecule is CCC(C)(C(=O)O)n1nnnc1Cn1cccn1. The molecule has 0 fully saturated rings. The van der Waals surface area contributed by atoms with Crippen LogP contribution >= 0.6 is 0 Å². The number of hydrogen-bond acceptors (Lipinski definition) is 5. The summed E-state index contributed by atoms with van der Waals surface area (Å²) < 4.78 is 2.98. The highest BCUT2D eigenvalue weighted by atomic mass is 16.4. The first kappa shape index (κ1) is 12.2. The highest BCUT2D eigenvalue weighted by Gasteiger charge is 2.36. The number of nitrogens with zero attached hydrogens (tertiary/aromatic N) is 6. The number of carbonyl (C=O) groups is 1. The monoisotopic (exact) mass is 250 g/mol. The van der Waals surface area contributed by atoms with Gasteiger partial charge in [-0.25, -0.2) is 9.48 Å². The van der Waals surface area contributed by atoms with Crippen molar-refractivity contribution in [2.24, 2.45) is 0 Å². The van der Waals surface area contributed by atoms with Gasteiger partial charge in [0.05, 0.1) is 0 Å². The number of carboxylic acid groups (broad SMARTS) is 1. The topological polar surface area (TPSA) is 98.7 Å². The first-order valence-corrected chi connectivity index (χ1v) is 5.56. The Morgan fingerprint density at radius 1 is 1.56 bits per heavy atom. The molecule has 1 N–H and O–H groups in total. The molecule has 8 nitrogen and oxygen atoms in total. The Labute approximate surface area is 103 Å². The Morgan fingerprint density at radius 2 is 2.33 bits per heavy atom. The summed E-state index contributed by atoms with van der Waals surface area (Å²) in [5, 5.41) is 24.6. The van der Waals surface area contributed by atoms with E-state index in [-0.39, 0.29) is 0 Å². The van der Waals surface area contributed by atoms with Gasteiger partial charge in [-0.05, 0) is 29.8 Å². The summed E-state index contributed by atoms with van der Waals surface area (Å²) in [5.41, 5.74) is -1.15. The van der Waals surface area contributed by atoms with Gasteiger partial charge in [0.2, 0.25) is 0 Å². The fourth-order valence-corrected chi connectivity index (χ4v) is 1.62. The highest BCUT2D eigenvalue weighted by Crippen LogP contribution is 2.20. The van der Waals surface area contributed by atoms with Gasteiger partial charge in [0.25, 0.3) is 0 Å². The van der Waals surface area contributed by atoms with Gasteiger partial charge >= 0.3 is 5.97 Å². The van der Waals surface area contributed by atoms with E-state index in [9.17, 15) is 9.90 Å². The summed E-state index contributed by atoms with van der Waals surface area (Å²) in [6.07, 6.45) is 3.80. The van der Waals surface area contributed by atoms with Crippen molar-refractivity contribution >= 4 is 5.97 Å².